The zero-order valence-electron chi connectivity index (χ0n) is 14.7. The molecule has 0 N–H and O–H groups in total. The van der Waals surface area contributed by atoms with Gasteiger partial charge in [-0.05, 0) is 44.4 Å². The molecule has 1 unspecified atom stereocenters. The first-order valence-electron chi connectivity index (χ1n) is 9.36. The Kier molecular flexibility index (Phi) is 6.76. The van der Waals surface area contributed by atoms with Gasteiger partial charge in [0.05, 0.1) is 0 Å². The van der Waals surface area contributed by atoms with Crippen molar-refractivity contribution >= 4 is 8.56 Å². The fourth-order valence-corrected chi connectivity index (χ4v) is 9.45. The second-order valence-corrected chi connectivity index (χ2v) is 11.5. The van der Waals surface area contributed by atoms with E-state index in [1.165, 1.54) is 51.4 Å². The fourth-order valence-electron chi connectivity index (χ4n) is 4.36. The van der Waals surface area contributed by atoms with Crippen LogP contribution in [0.2, 0.25) is 11.1 Å². The van der Waals surface area contributed by atoms with Crippen LogP contribution in [0.1, 0.15) is 79.1 Å². The third-order valence-electron chi connectivity index (χ3n) is 5.52. The van der Waals surface area contributed by atoms with Crippen LogP contribution in [0.25, 0.3) is 0 Å². The van der Waals surface area contributed by atoms with Gasteiger partial charge < -0.3 is 8.85 Å². The Labute approximate surface area is 133 Å². The molecule has 21 heavy (non-hydrogen) atoms. The molecule has 0 saturated heterocycles. The number of hydrogen-bond acceptors (Lipinski definition) is 2. The van der Waals surface area contributed by atoms with E-state index in [4.69, 9.17) is 8.85 Å². The van der Waals surface area contributed by atoms with Crippen LogP contribution in [0.3, 0.4) is 0 Å². The van der Waals surface area contributed by atoms with Crippen molar-refractivity contribution in [3.05, 3.63) is 0 Å². The molecule has 0 heterocycles. The van der Waals surface area contributed by atoms with Crippen LogP contribution >= 0.6 is 0 Å². The van der Waals surface area contributed by atoms with Gasteiger partial charge >= 0.3 is 8.56 Å². The Bertz CT molecular complexity index is 294. The third-order valence-corrected chi connectivity index (χ3v) is 10.3. The van der Waals surface area contributed by atoms with Gasteiger partial charge in [0.2, 0.25) is 0 Å². The highest BCUT2D eigenvalue weighted by Crippen LogP contribution is 2.50. The molecule has 0 amide bonds. The quantitative estimate of drug-likeness (QED) is 0.564. The van der Waals surface area contributed by atoms with E-state index in [1.54, 1.807) is 0 Å². The Morgan fingerprint density at radius 2 is 1.48 bits per heavy atom. The molecule has 0 bridgehead atoms. The van der Waals surface area contributed by atoms with Crippen LogP contribution in [0.15, 0.2) is 0 Å². The molecule has 2 saturated carbocycles. The van der Waals surface area contributed by atoms with Crippen LogP contribution in [0.4, 0.5) is 0 Å². The third kappa shape index (κ3) is 4.32. The highest BCUT2D eigenvalue weighted by atomic mass is 28.4. The van der Waals surface area contributed by atoms with Crippen LogP contribution in [0, 0.1) is 11.8 Å². The van der Waals surface area contributed by atoms with Gasteiger partial charge in [0.15, 0.2) is 0 Å². The van der Waals surface area contributed by atoms with Crippen LogP contribution < -0.4 is 0 Å². The molecule has 0 aliphatic heterocycles. The van der Waals surface area contributed by atoms with Gasteiger partial charge in [0, 0.05) is 24.3 Å². The smallest absolute Gasteiger partial charge is 0.344 e. The Morgan fingerprint density at radius 3 is 2.00 bits per heavy atom. The van der Waals surface area contributed by atoms with Crippen LogP contribution in [-0.4, -0.2) is 21.8 Å². The summed E-state index contributed by atoms with van der Waals surface area (Å²) in [6.07, 6.45) is 11.0. The predicted octanol–water partition coefficient (Wildman–Crippen LogP) is 5.66. The molecule has 0 spiro atoms. The van der Waals surface area contributed by atoms with Gasteiger partial charge in [-0.15, -0.1) is 0 Å². The summed E-state index contributed by atoms with van der Waals surface area (Å²) in [7, 11) is -2.05. The van der Waals surface area contributed by atoms with Crippen LogP contribution in [0.5, 0.6) is 0 Å². The second-order valence-electron chi connectivity index (χ2n) is 7.80. The van der Waals surface area contributed by atoms with Crippen molar-refractivity contribution in [1.82, 2.24) is 0 Å². The summed E-state index contributed by atoms with van der Waals surface area (Å²) in [5.41, 5.74) is 1.50. The second kappa shape index (κ2) is 8.12. The highest BCUT2D eigenvalue weighted by Gasteiger charge is 2.53. The molecule has 1 atom stereocenters. The van der Waals surface area contributed by atoms with E-state index in [1.807, 2.05) is 0 Å². The van der Waals surface area contributed by atoms with Gasteiger partial charge in [-0.1, -0.05) is 46.5 Å². The monoisotopic (exact) mass is 312 g/mol. The average Bonchev–Trinajstić information content (AvgIpc) is 2.99. The van der Waals surface area contributed by atoms with Gasteiger partial charge in [-0.2, -0.15) is 0 Å². The summed E-state index contributed by atoms with van der Waals surface area (Å²) >= 11 is 0. The summed E-state index contributed by atoms with van der Waals surface area (Å²) in [6, 6.07) is 0. The van der Waals surface area contributed by atoms with Gasteiger partial charge in [-0.25, -0.2) is 0 Å². The van der Waals surface area contributed by atoms with E-state index in [0.717, 1.165) is 30.2 Å². The van der Waals surface area contributed by atoms with Crippen molar-refractivity contribution in [2.45, 2.75) is 90.1 Å². The molecule has 124 valence electrons. The molecule has 2 aliphatic carbocycles. The Balaban J connectivity index is 2.16. The average molecular weight is 313 g/mol. The number of hydrogen-bond donors (Lipinski definition) is 0. The first-order valence-corrected chi connectivity index (χ1v) is 11.3. The van der Waals surface area contributed by atoms with Crippen LogP contribution in [-0.2, 0) is 8.85 Å². The minimum absolute atomic E-state index is 0.612. The van der Waals surface area contributed by atoms with Crippen molar-refractivity contribution in [3.8, 4) is 0 Å². The van der Waals surface area contributed by atoms with E-state index in [0.29, 0.717) is 5.92 Å². The van der Waals surface area contributed by atoms with E-state index in [-0.39, 0.29) is 0 Å². The Hall–Kier alpha value is 0.137. The lowest BCUT2D eigenvalue weighted by molar-refractivity contribution is 0.129. The minimum Gasteiger partial charge on any atom is -0.394 e. The van der Waals surface area contributed by atoms with Gasteiger partial charge in [0.1, 0.15) is 0 Å². The van der Waals surface area contributed by atoms with Crippen molar-refractivity contribution in [3.63, 3.8) is 0 Å². The topological polar surface area (TPSA) is 18.5 Å². The maximum atomic E-state index is 6.71. The molecular weight excluding hydrogens is 276 g/mol. The fraction of sp³-hybridized carbons (Fsp3) is 1.00. The van der Waals surface area contributed by atoms with Crippen molar-refractivity contribution in [1.29, 1.82) is 0 Å². The first-order chi connectivity index (χ1) is 10.1. The zero-order chi connectivity index (χ0) is 15.3. The first kappa shape index (κ1) is 17.5. The summed E-state index contributed by atoms with van der Waals surface area (Å²) in [4.78, 5) is 0. The highest BCUT2D eigenvalue weighted by molar-refractivity contribution is 6.70. The summed E-state index contributed by atoms with van der Waals surface area (Å²) in [5.74, 6) is 1.52. The minimum atomic E-state index is -2.05. The van der Waals surface area contributed by atoms with E-state index >= 15 is 0 Å². The molecule has 2 nitrogen and oxygen atoms in total. The van der Waals surface area contributed by atoms with E-state index < -0.39 is 8.56 Å². The molecule has 0 radical (unpaired) electrons. The molecule has 0 aromatic heterocycles. The largest absolute Gasteiger partial charge is 0.394 e. The lowest BCUT2D eigenvalue weighted by Crippen LogP contribution is -2.52. The molecule has 2 aliphatic rings. The molecule has 2 fully saturated rings. The summed E-state index contributed by atoms with van der Waals surface area (Å²) in [5, 5.41) is 0. The summed E-state index contributed by atoms with van der Waals surface area (Å²) in [6.45, 7) is 10.8. The molecule has 2 rings (SSSR count). The molecule has 0 aromatic carbocycles. The zero-order valence-corrected chi connectivity index (χ0v) is 15.7. The maximum absolute atomic E-state index is 6.71. The van der Waals surface area contributed by atoms with Gasteiger partial charge in [-0.3, -0.25) is 0 Å². The Morgan fingerprint density at radius 1 is 0.905 bits per heavy atom. The lowest BCUT2D eigenvalue weighted by atomic mass is 9.90. The lowest BCUT2D eigenvalue weighted by Gasteiger charge is -2.44. The standard InChI is InChI=1S/C18H36O2Si/c1-5-19-21(20-14-15(2)3,17-8-6-7-9-17)18-12-10-16(4)11-13-18/h15-18H,5-14H2,1-4H3. The maximum Gasteiger partial charge on any atom is 0.344 e. The van der Waals surface area contributed by atoms with Crippen molar-refractivity contribution in [2.24, 2.45) is 11.8 Å². The molecule has 0 aromatic rings. The normalized spacial score (nSPS) is 30.7. The van der Waals surface area contributed by atoms with Gasteiger partial charge in [0.25, 0.3) is 0 Å². The van der Waals surface area contributed by atoms with E-state index in [9.17, 15) is 0 Å². The van der Waals surface area contributed by atoms with Crippen molar-refractivity contribution < 1.29 is 8.85 Å². The van der Waals surface area contributed by atoms with Crippen molar-refractivity contribution in [2.75, 3.05) is 13.2 Å². The molecule has 3 heteroatoms. The number of rotatable bonds is 7. The molecular formula is C18H36O2Si. The predicted molar refractivity (Wildman–Crippen MR) is 91.8 cm³/mol. The SMILES string of the molecule is CCO[Si](OCC(C)C)(C1CCCC1)C1CCC(C)CC1. The van der Waals surface area contributed by atoms with E-state index in [2.05, 4.69) is 27.7 Å². The summed E-state index contributed by atoms with van der Waals surface area (Å²) < 4.78 is 13.3.